The van der Waals surface area contributed by atoms with Crippen LogP contribution in [-0.4, -0.2) is 25.0 Å². The molecule has 2 rings (SSSR count). The molecule has 0 bridgehead atoms. The van der Waals surface area contributed by atoms with Crippen molar-refractivity contribution in [3.05, 3.63) is 46.9 Å². The van der Waals surface area contributed by atoms with E-state index >= 15 is 0 Å². The largest absolute Gasteiger partial charge is 0.494 e. The number of benzene rings is 1. The van der Waals surface area contributed by atoms with Crippen LogP contribution in [0.1, 0.15) is 10.4 Å². The summed E-state index contributed by atoms with van der Waals surface area (Å²) in [6, 6.07) is 5.54. The van der Waals surface area contributed by atoms with E-state index in [9.17, 15) is 9.18 Å². The van der Waals surface area contributed by atoms with E-state index in [-0.39, 0.29) is 5.75 Å². The summed E-state index contributed by atoms with van der Waals surface area (Å²) in [5, 5.41) is 5.75. The van der Waals surface area contributed by atoms with Gasteiger partial charge in [-0.05, 0) is 18.2 Å². The number of hydrogen-bond acceptors (Lipinski definition) is 4. The van der Waals surface area contributed by atoms with Crippen LogP contribution in [0.15, 0.2) is 30.5 Å². The lowest BCUT2D eigenvalue weighted by molar-refractivity contribution is 0.102. The molecular weight excluding hydrogens is 297 g/mol. The van der Waals surface area contributed by atoms with Gasteiger partial charge in [0.15, 0.2) is 11.6 Å². The average Bonchev–Trinajstić information content (AvgIpc) is 2.49. The lowest BCUT2D eigenvalue weighted by Crippen LogP contribution is -2.12. The summed E-state index contributed by atoms with van der Waals surface area (Å²) in [6.45, 7) is 0. The van der Waals surface area contributed by atoms with Crippen LogP contribution in [0.5, 0.6) is 5.75 Å². The molecule has 0 unspecified atom stereocenters. The predicted molar refractivity (Wildman–Crippen MR) is 79.7 cm³/mol. The second-order valence-electron chi connectivity index (χ2n) is 4.11. The smallest absolute Gasteiger partial charge is 0.257 e. The number of carbonyl (C=O) groups is 1. The first-order chi connectivity index (χ1) is 10.0. The van der Waals surface area contributed by atoms with Gasteiger partial charge in [-0.15, -0.1) is 0 Å². The topological polar surface area (TPSA) is 63.2 Å². The highest BCUT2D eigenvalue weighted by molar-refractivity contribution is 6.33. The van der Waals surface area contributed by atoms with E-state index in [4.69, 9.17) is 16.3 Å². The second kappa shape index (κ2) is 6.41. The van der Waals surface area contributed by atoms with E-state index in [2.05, 4.69) is 15.6 Å². The fourth-order valence-electron chi connectivity index (χ4n) is 1.69. The molecule has 0 saturated carbocycles. The van der Waals surface area contributed by atoms with Gasteiger partial charge in [0.2, 0.25) is 0 Å². The van der Waals surface area contributed by atoms with Crippen LogP contribution in [0.4, 0.5) is 15.9 Å². The van der Waals surface area contributed by atoms with Gasteiger partial charge in [0.05, 0.1) is 17.7 Å². The number of nitrogens with zero attached hydrogens (tertiary/aromatic N) is 1. The molecule has 0 fully saturated rings. The van der Waals surface area contributed by atoms with Crippen molar-refractivity contribution >= 4 is 29.0 Å². The molecule has 0 radical (unpaired) electrons. The van der Waals surface area contributed by atoms with Gasteiger partial charge in [-0.1, -0.05) is 11.6 Å². The summed E-state index contributed by atoms with van der Waals surface area (Å²) in [7, 11) is 3.03. The van der Waals surface area contributed by atoms with Crippen LogP contribution >= 0.6 is 11.6 Å². The van der Waals surface area contributed by atoms with Crippen molar-refractivity contribution < 1.29 is 13.9 Å². The standard InChI is InChI=1S/C14H13ClFN3O2/c1-17-13-10(15)5-8(7-18-13)14(20)19-9-3-4-11(16)12(6-9)21-2/h3-7H,1-2H3,(H,17,18)(H,19,20). The van der Waals surface area contributed by atoms with Gasteiger partial charge in [-0.3, -0.25) is 4.79 Å². The number of methoxy groups -OCH3 is 1. The summed E-state index contributed by atoms with van der Waals surface area (Å²) in [5.41, 5.74) is 0.703. The fourth-order valence-corrected chi connectivity index (χ4v) is 1.95. The van der Waals surface area contributed by atoms with Crippen LogP contribution in [0.3, 0.4) is 0 Å². The second-order valence-corrected chi connectivity index (χ2v) is 4.52. The number of carbonyl (C=O) groups excluding carboxylic acids is 1. The molecule has 0 aliphatic rings. The maximum atomic E-state index is 13.3. The molecule has 1 amide bonds. The number of pyridine rings is 1. The zero-order valence-corrected chi connectivity index (χ0v) is 12.2. The Hall–Kier alpha value is -2.34. The minimum absolute atomic E-state index is 0.0505. The van der Waals surface area contributed by atoms with E-state index in [1.165, 1.54) is 37.6 Å². The van der Waals surface area contributed by atoms with Crippen LogP contribution in [0, 0.1) is 5.82 Å². The van der Waals surface area contributed by atoms with E-state index in [0.29, 0.717) is 22.1 Å². The number of anilines is 2. The molecule has 2 aromatic rings. The molecule has 0 atom stereocenters. The molecule has 0 aliphatic heterocycles. The monoisotopic (exact) mass is 309 g/mol. The van der Waals surface area contributed by atoms with Gasteiger partial charge in [-0.2, -0.15) is 0 Å². The maximum absolute atomic E-state index is 13.3. The number of halogens is 2. The van der Waals surface area contributed by atoms with Crippen molar-refractivity contribution in [2.45, 2.75) is 0 Å². The van der Waals surface area contributed by atoms with Gasteiger partial charge in [-0.25, -0.2) is 9.37 Å². The third kappa shape index (κ3) is 3.41. The summed E-state index contributed by atoms with van der Waals surface area (Å²) in [5.74, 6) is -0.370. The Balaban J connectivity index is 2.19. The molecule has 0 spiro atoms. The van der Waals surface area contributed by atoms with Crippen molar-refractivity contribution in [1.82, 2.24) is 4.98 Å². The Morgan fingerprint density at radius 1 is 1.38 bits per heavy atom. The number of nitrogens with one attached hydrogen (secondary N) is 2. The predicted octanol–water partition coefficient (Wildman–Crippen LogP) is 3.18. The van der Waals surface area contributed by atoms with E-state index in [1.54, 1.807) is 7.05 Å². The van der Waals surface area contributed by atoms with E-state index < -0.39 is 11.7 Å². The van der Waals surface area contributed by atoms with Crippen molar-refractivity contribution in [3.8, 4) is 5.75 Å². The lowest BCUT2D eigenvalue weighted by Gasteiger charge is -2.09. The summed E-state index contributed by atoms with van der Waals surface area (Å²) >= 11 is 5.97. The minimum atomic E-state index is -0.501. The van der Waals surface area contributed by atoms with Crippen LogP contribution < -0.4 is 15.4 Å². The summed E-state index contributed by atoms with van der Waals surface area (Å²) in [4.78, 5) is 16.1. The summed E-state index contributed by atoms with van der Waals surface area (Å²) < 4.78 is 18.1. The van der Waals surface area contributed by atoms with E-state index in [0.717, 1.165) is 0 Å². The lowest BCUT2D eigenvalue weighted by atomic mass is 10.2. The molecule has 1 heterocycles. The molecule has 21 heavy (non-hydrogen) atoms. The van der Waals surface area contributed by atoms with Gasteiger partial charge < -0.3 is 15.4 Å². The molecule has 1 aromatic carbocycles. The minimum Gasteiger partial charge on any atom is -0.494 e. The number of ether oxygens (including phenoxy) is 1. The highest BCUT2D eigenvalue weighted by Crippen LogP contribution is 2.23. The highest BCUT2D eigenvalue weighted by atomic mass is 35.5. The zero-order valence-electron chi connectivity index (χ0n) is 11.4. The van der Waals surface area contributed by atoms with Crippen LogP contribution in [0.2, 0.25) is 5.02 Å². The first kappa shape index (κ1) is 15.1. The third-order valence-electron chi connectivity index (χ3n) is 2.75. The van der Waals surface area contributed by atoms with Crippen molar-refractivity contribution in [2.24, 2.45) is 0 Å². The molecule has 110 valence electrons. The van der Waals surface area contributed by atoms with Crippen LogP contribution in [0.25, 0.3) is 0 Å². The van der Waals surface area contributed by atoms with Gasteiger partial charge in [0.25, 0.3) is 5.91 Å². The number of rotatable bonds is 4. The Bertz CT molecular complexity index is 679. The third-order valence-corrected chi connectivity index (χ3v) is 3.04. The highest BCUT2D eigenvalue weighted by Gasteiger charge is 2.11. The first-order valence-corrected chi connectivity index (χ1v) is 6.41. The number of aromatic nitrogens is 1. The molecule has 2 N–H and O–H groups in total. The first-order valence-electron chi connectivity index (χ1n) is 6.03. The molecular formula is C14H13ClFN3O2. The number of hydrogen-bond donors (Lipinski definition) is 2. The molecule has 1 aromatic heterocycles. The Labute approximate surface area is 126 Å². The van der Waals surface area contributed by atoms with Crippen molar-refractivity contribution in [2.75, 3.05) is 24.8 Å². The fraction of sp³-hybridized carbons (Fsp3) is 0.143. The maximum Gasteiger partial charge on any atom is 0.257 e. The Morgan fingerprint density at radius 3 is 2.76 bits per heavy atom. The average molecular weight is 310 g/mol. The molecule has 5 nitrogen and oxygen atoms in total. The van der Waals surface area contributed by atoms with Crippen molar-refractivity contribution in [1.29, 1.82) is 0 Å². The van der Waals surface area contributed by atoms with Crippen molar-refractivity contribution in [3.63, 3.8) is 0 Å². The Morgan fingerprint density at radius 2 is 2.14 bits per heavy atom. The number of amides is 1. The molecule has 0 saturated heterocycles. The summed E-state index contributed by atoms with van der Waals surface area (Å²) in [6.07, 6.45) is 1.40. The Kier molecular flexibility index (Phi) is 4.59. The van der Waals surface area contributed by atoms with Gasteiger partial charge in [0, 0.05) is 25.0 Å². The normalized spacial score (nSPS) is 10.1. The van der Waals surface area contributed by atoms with Gasteiger partial charge in [0.1, 0.15) is 5.82 Å². The quantitative estimate of drug-likeness (QED) is 0.910. The van der Waals surface area contributed by atoms with Crippen LogP contribution in [-0.2, 0) is 0 Å². The SMILES string of the molecule is CNc1ncc(C(=O)Nc2ccc(F)c(OC)c2)cc1Cl. The zero-order chi connectivity index (χ0) is 15.4. The van der Waals surface area contributed by atoms with Gasteiger partial charge >= 0.3 is 0 Å². The molecule has 7 heteroatoms. The van der Waals surface area contributed by atoms with E-state index in [1.807, 2.05) is 0 Å². The molecule has 0 aliphatic carbocycles.